The number of carbonyl (C=O) groups is 1. The highest BCUT2D eigenvalue weighted by atomic mass is 19.4. The Hall–Kier alpha value is -3.05. The van der Waals surface area contributed by atoms with Crippen LogP contribution in [0.5, 0.6) is 5.75 Å². The maximum Gasteiger partial charge on any atom is 0.573 e. The maximum absolute atomic E-state index is 14.2. The molecule has 1 saturated heterocycles. The van der Waals surface area contributed by atoms with Crippen molar-refractivity contribution in [2.45, 2.75) is 38.1 Å². The zero-order valence-corrected chi connectivity index (χ0v) is 15.5. The van der Waals surface area contributed by atoms with Gasteiger partial charge in [0.05, 0.1) is 6.54 Å². The first kappa shape index (κ1) is 21.7. The van der Waals surface area contributed by atoms with Crippen LogP contribution in [0.15, 0.2) is 30.5 Å². The summed E-state index contributed by atoms with van der Waals surface area (Å²) in [5.41, 5.74) is -0.688. The molecule has 0 spiro atoms. The first-order valence-electron chi connectivity index (χ1n) is 8.78. The van der Waals surface area contributed by atoms with Gasteiger partial charge in [-0.3, -0.25) is 4.79 Å². The van der Waals surface area contributed by atoms with Crippen molar-refractivity contribution < 1.29 is 35.9 Å². The van der Waals surface area contributed by atoms with Crippen LogP contribution < -0.4 is 10.1 Å². The number of hydrogen-bond acceptors (Lipinski definition) is 5. The molecule has 162 valence electrons. The van der Waals surface area contributed by atoms with E-state index >= 15 is 0 Å². The Bertz CT molecular complexity index is 937. The molecule has 30 heavy (non-hydrogen) atoms. The number of ether oxygens (including phenoxy) is 1. The van der Waals surface area contributed by atoms with Gasteiger partial charge >= 0.3 is 6.36 Å². The van der Waals surface area contributed by atoms with Crippen LogP contribution >= 0.6 is 0 Å². The molecule has 0 saturated carbocycles. The maximum atomic E-state index is 14.2. The molecule has 0 bridgehead atoms. The predicted molar refractivity (Wildman–Crippen MR) is 93.1 cm³/mol. The minimum absolute atomic E-state index is 0.0498. The Morgan fingerprint density at radius 1 is 1.27 bits per heavy atom. The molecule has 3 heterocycles. The minimum atomic E-state index is -4.90. The second kappa shape index (κ2) is 8.00. The summed E-state index contributed by atoms with van der Waals surface area (Å²) in [6.45, 7) is 0.716. The average molecular weight is 434 g/mol. The number of likely N-dealkylation sites (tertiary alicyclic amines) is 1. The molecule has 6 nitrogen and oxygen atoms in total. The van der Waals surface area contributed by atoms with Crippen LogP contribution in [0.3, 0.4) is 0 Å². The Labute approximate surface area is 166 Å². The van der Waals surface area contributed by atoms with Gasteiger partial charge in [0, 0.05) is 24.7 Å². The number of nitrogens with zero attached hydrogens (tertiary/aromatic N) is 3. The van der Waals surface area contributed by atoms with Gasteiger partial charge in [-0.1, -0.05) is 0 Å². The van der Waals surface area contributed by atoms with Gasteiger partial charge in [0.2, 0.25) is 0 Å². The van der Waals surface area contributed by atoms with Gasteiger partial charge in [0.1, 0.15) is 17.4 Å². The van der Waals surface area contributed by atoms with E-state index in [1.54, 1.807) is 6.92 Å². The summed E-state index contributed by atoms with van der Waals surface area (Å²) in [4.78, 5) is 21.1. The molecular formula is C18H16F6N4O2. The van der Waals surface area contributed by atoms with E-state index in [4.69, 9.17) is 0 Å². The van der Waals surface area contributed by atoms with Gasteiger partial charge in [-0.15, -0.1) is 13.2 Å². The molecular weight excluding hydrogens is 418 g/mol. The van der Waals surface area contributed by atoms with Crippen LogP contribution in [0.1, 0.15) is 30.3 Å². The lowest BCUT2D eigenvalue weighted by molar-refractivity contribution is -0.274. The van der Waals surface area contributed by atoms with Gasteiger partial charge < -0.3 is 15.0 Å². The lowest BCUT2D eigenvalue weighted by Gasteiger charge is -2.37. The van der Waals surface area contributed by atoms with E-state index in [9.17, 15) is 31.1 Å². The number of piperidine rings is 1. The first-order chi connectivity index (χ1) is 13.9. The zero-order chi connectivity index (χ0) is 22.1. The third-order valence-corrected chi connectivity index (χ3v) is 4.39. The molecule has 2 aromatic heterocycles. The van der Waals surface area contributed by atoms with Crippen LogP contribution in [0.25, 0.3) is 0 Å². The van der Waals surface area contributed by atoms with Gasteiger partial charge in [0.15, 0.2) is 11.5 Å². The standard InChI is InChI=1S/C18H16F6N4O2/c1-10-4-6-17(20,21)9-28(10)16(29)15-12(19)2-3-13(27-15)26-14-8-11(5-7-25-14)30-18(22,23)24/h2-3,5,7-8,10H,4,6,9H2,1H3,(H,25,26,27)/t10-/m0/s1. The Morgan fingerprint density at radius 2 is 2.00 bits per heavy atom. The highest BCUT2D eigenvalue weighted by molar-refractivity contribution is 5.93. The molecule has 2 aromatic rings. The molecule has 1 fully saturated rings. The van der Waals surface area contributed by atoms with Crippen molar-refractivity contribution in [3.8, 4) is 5.75 Å². The van der Waals surface area contributed by atoms with Crippen molar-refractivity contribution in [3.05, 3.63) is 42.0 Å². The minimum Gasteiger partial charge on any atom is -0.406 e. The number of carbonyl (C=O) groups excluding carboxylic acids is 1. The fourth-order valence-electron chi connectivity index (χ4n) is 2.94. The van der Waals surface area contributed by atoms with Crippen LogP contribution in [0, 0.1) is 5.82 Å². The number of rotatable bonds is 4. The van der Waals surface area contributed by atoms with Crippen molar-refractivity contribution in [1.29, 1.82) is 0 Å². The van der Waals surface area contributed by atoms with E-state index < -0.39 is 48.0 Å². The highest BCUT2D eigenvalue weighted by Crippen LogP contribution is 2.31. The first-order valence-corrected chi connectivity index (χ1v) is 8.78. The van der Waals surface area contributed by atoms with Crippen molar-refractivity contribution in [1.82, 2.24) is 14.9 Å². The molecule has 12 heteroatoms. The summed E-state index contributed by atoms with van der Waals surface area (Å²) >= 11 is 0. The second-order valence-electron chi connectivity index (χ2n) is 6.75. The third-order valence-electron chi connectivity index (χ3n) is 4.39. The third kappa shape index (κ3) is 5.30. The molecule has 0 unspecified atom stereocenters. The van der Waals surface area contributed by atoms with Crippen LogP contribution in [-0.2, 0) is 0 Å². The number of anilines is 2. The molecule has 1 atom stereocenters. The summed E-state index contributed by atoms with van der Waals surface area (Å²) in [6, 6.07) is 3.38. The average Bonchev–Trinajstić information content (AvgIpc) is 2.64. The van der Waals surface area contributed by atoms with Gasteiger partial charge in [-0.25, -0.2) is 23.1 Å². The second-order valence-corrected chi connectivity index (χ2v) is 6.75. The number of hydrogen-bond donors (Lipinski definition) is 1. The molecule has 0 aliphatic carbocycles. The fourth-order valence-corrected chi connectivity index (χ4v) is 2.94. The summed E-state index contributed by atoms with van der Waals surface area (Å²) < 4.78 is 82.4. The van der Waals surface area contributed by atoms with Crippen LogP contribution in [-0.4, -0.2) is 45.6 Å². The van der Waals surface area contributed by atoms with Gasteiger partial charge in [0.25, 0.3) is 11.8 Å². The molecule has 0 radical (unpaired) electrons. The van der Waals surface area contributed by atoms with E-state index in [2.05, 4.69) is 20.0 Å². The summed E-state index contributed by atoms with van der Waals surface area (Å²) in [7, 11) is 0. The zero-order valence-electron chi connectivity index (χ0n) is 15.5. The largest absolute Gasteiger partial charge is 0.573 e. The van der Waals surface area contributed by atoms with E-state index in [0.717, 1.165) is 35.4 Å². The number of halogens is 6. The molecule has 1 aliphatic heterocycles. The number of aromatic nitrogens is 2. The van der Waals surface area contributed by atoms with E-state index in [0.29, 0.717) is 0 Å². The van der Waals surface area contributed by atoms with Crippen molar-refractivity contribution >= 4 is 17.5 Å². The Morgan fingerprint density at radius 3 is 2.70 bits per heavy atom. The van der Waals surface area contributed by atoms with Crippen molar-refractivity contribution in [2.75, 3.05) is 11.9 Å². The Balaban J connectivity index is 1.82. The van der Waals surface area contributed by atoms with E-state index in [1.807, 2.05) is 0 Å². The highest BCUT2D eigenvalue weighted by Gasteiger charge is 2.41. The molecule has 1 amide bonds. The van der Waals surface area contributed by atoms with Crippen molar-refractivity contribution in [2.24, 2.45) is 0 Å². The number of amides is 1. The number of nitrogens with one attached hydrogen (secondary N) is 1. The summed E-state index contributed by atoms with van der Waals surface area (Å²) in [5.74, 6) is -5.90. The smallest absolute Gasteiger partial charge is 0.406 e. The van der Waals surface area contributed by atoms with E-state index in [-0.39, 0.29) is 24.5 Å². The number of pyridine rings is 2. The normalized spacial score (nSPS) is 18.8. The van der Waals surface area contributed by atoms with E-state index in [1.165, 1.54) is 0 Å². The lowest BCUT2D eigenvalue weighted by Crippen LogP contribution is -2.50. The Kier molecular flexibility index (Phi) is 5.77. The SMILES string of the molecule is C[C@H]1CCC(F)(F)CN1C(=O)c1nc(Nc2cc(OC(F)(F)F)ccn2)ccc1F. The molecule has 1 N–H and O–H groups in total. The fraction of sp³-hybridized carbons (Fsp3) is 0.389. The van der Waals surface area contributed by atoms with Crippen molar-refractivity contribution in [3.63, 3.8) is 0 Å². The van der Waals surface area contributed by atoms with Crippen LogP contribution in [0.2, 0.25) is 0 Å². The molecule has 3 rings (SSSR count). The summed E-state index contributed by atoms with van der Waals surface area (Å²) in [5, 5.41) is 2.53. The van der Waals surface area contributed by atoms with Crippen LogP contribution in [0.4, 0.5) is 38.0 Å². The molecule has 1 aliphatic rings. The summed E-state index contributed by atoms with van der Waals surface area (Å²) in [6.07, 6.45) is -4.19. The monoisotopic (exact) mass is 434 g/mol. The van der Waals surface area contributed by atoms with Gasteiger partial charge in [-0.05, 0) is 31.5 Å². The number of alkyl halides is 5. The topological polar surface area (TPSA) is 67.4 Å². The lowest BCUT2D eigenvalue weighted by atomic mass is 10.00. The molecule has 0 aromatic carbocycles. The van der Waals surface area contributed by atoms with Gasteiger partial charge in [-0.2, -0.15) is 0 Å². The quantitative estimate of drug-likeness (QED) is 0.717. The predicted octanol–water partition coefficient (Wildman–Crippen LogP) is 4.52.